The van der Waals surface area contributed by atoms with Gasteiger partial charge in [-0.15, -0.1) is 0 Å². The number of sulfonamides is 1. The molecule has 1 N–H and O–H groups in total. The van der Waals surface area contributed by atoms with Crippen LogP contribution in [0.2, 0.25) is 0 Å². The van der Waals surface area contributed by atoms with Crippen LogP contribution in [0, 0.1) is 6.92 Å². The molecule has 0 bridgehead atoms. The van der Waals surface area contributed by atoms with E-state index in [1.807, 2.05) is 4.72 Å². The van der Waals surface area contributed by atoms with Crippen molar-refractivity contribution < 1.29 is 18.0 Å². The fourth-order valence-electron chi connectivity index (χ4n) is 2.47. The summed E-state index contributed by atoms with van der Waals surface area (Å²) in [7, 11) is -3.91. The Labute approximate surface area is 130 Å². The molecule has 2 rings (SSSR count). The standard InChI is InChI=1S/C15H20N2O4S/c1-12-7-4-5-8-13(12)22(20,21)16-14(18)11-17-10-6-2-3-9-15(17)19/h4-5,7-8H,2-3,6,9-11H2,1H3,(H,16,18). The number of carbonyl (C=O) groups excluding carboxylic acids is 2. The molecule has 0 aliphatic carbocycles. The van der Waals surface area contributed by atoms with Gasteiger partial charge in [-0.1, -0.05) is 24.6 Å². The molecule has 7 heteroatoms. The highest BCUT2D eigenvalue weighted by atomic mass is 32.2. The van der Waals surface area contributed by atoms with Gasteiger partial charge < -0.3 is 4.90 Å². The van der Waals surface area contributed by atoms with Crippen molar-refractivity contribution in [1.82, 2.24) is 9.62 Å². The summed E-state index contributed by atoms with van der Waals surface area (Å²) in [6.07, 6.45) is 3.02. The van der Waals surface area contributed by atoms with Crippen molar-refractivity contribution >= 4 is 21.8 Å². The highest BCUT2D eigenvalue weighted by Crippen LogP contribution is 2.14. The molecule has 1 aliphatic rings. The molecule has 0 aromatic heterocycles. The average molecular weight is 324 g/mol. The lowest BCUT2D eigenvalue weighted by Crippen LogP contribution is -2.42. The molecule has 6 nitrogen and oxygen atoms in total. The predicted molar refractivity (Wildman–Crippen MR) is 81.6 cm³/mol. The van der Waals surface area contributed by atoms with E-state index in [2.05, 4.69) is 0 Å². The molecule has 1 fully saturated rings. The SMILES string of the molecule is Cc1ccccc1S(=O)(=O)NC(=O)CN1CCCCCC1=O. The van der Waals surface area contributed by atoms with E-state index in [1.165, 1.54) is 11.0 Å². The first-order valence-electron chi connectivity index (χ1n) is 7.29. The van der Waals surface area contributed by atoms with Crippen LogP contribution in [-0.2, 0) is 19.6 Å². The summed E-state index contributed by atoms with van der Waals surface area (Å²) in [6.45, 7) is 1.94. The number of likely N-dealkylation sites (tertiary alicyclic amines) is 1. The number of amides is 2. The van der Waals surface area contributed by atoms with Crippen molar-refractivity contribution in [3.63, 3.8) is 0 Å². The zero-order valence-corrected chi connectivity index (χ0v) is 13.4. The minimum atomic E-state index is -3.91. The van der Waals surface area contributed by atoms with E-state index in [0.29, 0.717) is 18.5 Å². The number of rotatable bonds is 4. The molecule has 1 aromatic carbocycles. The Balaban J connectivity index is 2.05. The van der Waals surface area contributed by atoms with Gasteiger partial charge in [0.1, 0.15) is 6.54 Å². The van der Waals surface area contributed by atoms with E-state index in [9.17, 15) is 18.0 Å². The van der Waals surface area contributed by atoms with Crippen molar-refractivity contribution in [2.45, 2.75) is 37.5 Å². The van der Waals surface area contributed by atoms with Crippen LogP contribution in [0.5, 0.6) is 0 Å². The molecule has 0 unspecified atom stereocenters. The third-order valence-electron chi connectivity index (χ3n) is 3.64. The maximum Gasteiger partial charge on any atom is 0.264 e. The number of nitrogens with one attached hydrogen (secondary N) is 1. The van der Waals surface area contributed by atoms with E-state index in [1.54, 1.807) is 25.1 Å². The van der Waals surface area contributed by atoms with E-state index in [4.69, 9.17) is 0 Å². The molecule has 2 amide bonds. The van der Waals surface area contributed by atoms with E-state index < -0.39 is 15.9 Å². The number of hydrogen-bond donors (Lipinski definition) is 1. The van der Waals surface area contributed by atoms with Gasteiger partial charge in [-0.2, -0.15) is 0 Å². The van der Waals surface area contributed by atoms with Crippen LogP contribution in [0.15, 0.2) is 29.2 Å². The smallest absolute Gasteiger partial charge is 0.264 e. The number of hydrogen-bond acceptors (Lipinski definition) is 4. The number of nitrogens with zero attached hydrogens (tertiary/aromatic N) is 1. The van der Waals surface area contributed by atoms with E-state index in [0.717, 1.165) is 19.3 Å². The quantitative estimate of drug-likeness (QED) is 0.902. The number of benzene rings is 1. The Kier molecular flexibility index (Phi) is 5.18. The highest BCUT2D eigenvalue weighted by molar-refractivity contribution is 7.90. The van der Waals surface area contributed by atoms with E-state index >= 15 is 0 Å². The summed E-state index contributed by atoms with van der Waals surface area (Å²) in [4.78, 5) is 25.3. The van der Waals surface area contributed by atoms with Gasteiger partial charge in [0.05, 0.1) is 4.90 Å². The van der Waals surface area contributed by atoms with Gasteiger partial charge in [0.2, 0.25) is 5.91 Å². The van der Waals surface area contributed by atoms with Crippen LogP contribution in [0.1, 0.15) is 31.2 Å². The molecule has 0 saturated carbocycles. The molecule has 1 aliphatic heterocycles. The Morgan fingerprint density at radius 2 is 1.95 bits per heavy atom. The fourth-order valence-corrected chi connectivity index (χ4v) is 3.70. The maximum absolute atomic E-state index is 12.2. The number of aryl methyl sites for hydroxylation is 1. The first-order chi connectivity index (χ1) is 10.4. The van der Waals surface area contributed by atoms with Crippen LogP contribution in [0.3, 0.4) is 0 Å². The van der Waals surface area contributed by atoms with Gasteiger partial charge in [0.25, 0.3) is 15.9 Å². The highest BCUT2D eigenvalue weighted by Gasteiger charge is 2.23. The van der Waals surface area contributed by atoms with Crippen LogP contribution >= 0.6 is 0 Å². The maximum atomic E-state index is 12.2. The van der Waals surface area contributed by atoms with E-state index in [-0.39, 0.29) is 17.3 Å². The molecular weight excluding hydrogens is 304 g/mol. The Morgan fingerprint density at radius 3 is 2.68 bits per heavy atom. The van der Waals surface area contributed by atoms with Crippen LogP contribution in [0.25, 0.3) is 0 Å². The van der Waals surface area contributed by atoms with Gasteiger partial charge in [-0.25, -0.2) is 13.1 Å². The minimum absolute atomic E-state index is 0.0746. The zero-order valence-electron chi connectivity index (χ0n) is 12.5. The Morgan fingerprint density at radius 1 is 1.23 bits per heavy atom. The second-order valence-electron chi connectivity index (χ2n) is 5.42. The van der Waals surface area contributed by atoms with Gasteiger partial charge in [-0.3, -0.25) is 9.59 Å². The molecule has 22 heavy (non-hydrogen) atoms. The molecule has 0 spiro atoms. The summed E-state index contributed by atoms with van der Waals surface area (Å²) in [5, 5.41) is 0. The molecule has 0 radical (unpaired) electrons. The lowest BCUT2D eigenvalue weighted by atomic mass is 10.2. The van der Waals surface area contributed by atoms with Crippen LogP contribution in [0.4, 0.5) is 0 Å². The molecule has 120 valence electrons. The third kappa shape index (κ3) is 4.07. The van der Waals surface area contributed by atoms with Crippen molar-refractivity contribution in [2.75, 3.05) is 13.1 Å². The Hall–Kier alpha value is -1.89. The van der Waals surface area contributed by atoms with Gasteiger partial charge in [0, 0.05) is 13.0 Å². The van der Waals surface area contributed by atoms with Gasteiger partial charge >= 0.3 is 0 Å². The van der Waals surface area contributed by atoms with Crippen molar-refractivity contribution in [3.05, 3.63) is 29.8 Å². The summed E-state index contributed by atoms with van der Waals surface area (Å²) in [5.74, 6) is -0.778. The Bertz CT molecular complexity index is 670. The summed E-state index contributed by atoms with van der Waals surface area (Å²) < 4.78 is 26.5. The average Bonchev–Trinajstić information content (AvgIpc) is 2.64. The minimum Gasteiger partial charge on any atom is -0.333 e. The van der Waals surface area contributed by atoms with Crippen molar-refractivity contribution in [3.8, 4) is 0 Å². The zero-order chi connectivity index (χ0) is 16.2. The second kappa shape index (κ2) is 6.91. The van der Waals surface area contributed by atoms with Crippen LogP contribution in [-0.4, -0.2) is 38.2 Å². The summed E-state index contributed by atoms with van der Waals surface area (Å²) in [6, 6.07) is 6.44. The fraction of sp³-hybridized carbons (Fsp3) is 0.467. The monoisotopic (exact) mass is 324 g/mol. The topological polar surface area (TPSA) is 83.6 Å². The molecule has 1 aromatic rings. The largest absolute Gasteiger partial charge is 0.333 e. The lowest BCUT2D eigenvalue weighted by Gasteiger charge is -2.19. The normalized spacial score (nSPS) is 16.2. The first-order valence-corrected chi connectivity index (χ1v) is 8.77. The molecular formula is C15H20N2O4S. The third-order valence-corrected chi connectivity index (χ3v) is 5.17. The summed E-state index contributed by atoms with van der Waals surface area (Å²) >= 11 is 0. The van der Waals surface area contributed by atoms with Crippen molar-refractivity contribution in [1.29, 1.82) is 0 Å². The first kappa shape index (κ1) is 16.5. The number of carbonyl (C=O) groups is 2. The lowest BCUT2D eigenvalue weighted by molar-refractivity contribution is -0.135. The molecule has 1 heterocycles. The van der Waals surface area contributed by atoms with Crippen molar-refractivity contribution in [2.24, 2.45) is 0 Å². The predicted octanol–water partition coefficient (Wildman–Crippen LogP) is 1.20. The van der Waals surface area contributed by atoms with Gasteiger partial charge in [0.15, 0.2) is 0 Å². The van der Waals surface area contributed by atoms with Crippen LogP contribution < -0.4 is 4.72 Å². The van der Waals surface area contributed by atoms with Gasteiger partial charge in [-0.05, 0) is 31.4 Å². The molecule has 1 saturated heterocycles. The summed E-state index contributed by atoms with van der Waals surface area (Å²) in [5.41, 5.74) is 0.564. The molecule has 0 atom stereocenters. The second-order valence-corrected chi connectivity index (χ2v) is 7.07.